The zero-order valence-electron chi connectivity index (χ0n) is 17.7. The number of carboxylic acid groups (broad SMARTS) is 1. The monoisotopic (exact) mass is 472 g/mol. The molecule has 12 heteroatoms. The second kappa shape index (κ2) is 10.6. The van der Waals surface area contributed by atoms with Gasteiger partial charge in [-0.1, -0.05) is 17.8 Å². The molecule has 0 saturated carbocycles. The molecule has 2 aromatic rings. The number of carboxylic acids is 1. The lowest BCUT2D eigenvalue weighted by Crippen LogP contribution is -2.26. The van der Waals surface area contributed by atoms with Crippen molar-refractivity contribution in [2.45, 2.75) is 25.2 Å². The van der Waals surface area contributed by atoms with Crippen LogP contribution in [0.25, 0.3) is 0 Å². The zero-order valence-corrected chi connectivity index (χ0v) is 18.5. The van der Waals surface area contributed by atoms with Gasteiger partial charge in [0.1, 0.15) is 17.6 Å². The molecule has 1 amide bonds. The van der Waals surface area contributed by atoms with Crippen LogP contribution in [-0.4, -0.2) is 45.6 Å². The molecule has 2 N–H and O–H groups in total. The lowest BCUT2D eigenvalue weighted by atomic mass is 10.1. The van der Waals surface area contributed by atoms with E-state index in [9.17, 15) is 19.7 Å². The van der Waals surface area contributed by atoms with Crippen molar-refractivity contribution in [3.05, 3.63) is 63.2 Å². The van der Waals surface area contributed by atoms with E-state index < -0.39 is 22.0 Å². The van der Waals surface area contributed by atoms with Crippen LogP contribution in [0.4, 0.5) is 5.69 Å². The second-order valence-corrected chi connectivity index (χ2v) is 8.12. The summed E-state index contributed by atoms with van der Waals surface area (Å²) in [6.07, 6.45) is 1.14. The average Bonchev–Trinajstić information content (AvgIpc) is 3.11. The van der Waals surface area contributed by atoms with Gasteiger partial charge in [-0.25, -0.2) is 0 Å². The standard InChI is InChI=1S/C21H20N4O7S/c1-12-3-5-17(15(7-12)25(29)30)32-11-14-8-13(4-6-16(14)31-2)10-22-24-21-23-20(28)18(33-21)9-19(26)27/h3-8,10,18H,9,11H2,1-2H3,(H,26,27)(H,23,24,28). The van der Waals surface area contributed by atoms with E-state index in [2.05, 4.69) is 15.5 Å². The fourth-order valence-corrected chi connectivity index (χ4v) is 3.85. The zero-order chi connectivity index (χ0) is 24.0. The molecule has 0 aromatic heterocycles. The number of amidine groups is 1. The minimum atomic E-state index is -1.07. The minimum Gasteiger partial charge on any atom is -0.496 e. The number of aliphatic carboxylic acids is 1. The molecule has 1 atom stereocenters. The summed E-state index contributed by atoms with van der Waals surface area (Å²) in [5.74, 6) is -0.826. The number of hydrogen-bond acceptors (Lipinski definition) is 9. The number of ether oxygens (including phenoxy) is 2. The van der Waals surface area contributed by atoms with Crippen molar-refractivity contribution in [3.8, 4) is 11.5 Å². The van der Waals surface area contributed by atoms with Crippen LogP contribution in [0, 0.1) is 17.0 Å². The molecule has 1 aliphatic heterocycles. The Balaban J connectivity index is 1.72. The summed E-state index contributed by atoms with van der Waals surface area (Å²) in [5.41, 5.74) is 1.90. The third kappa shape index (κ3) is 6.29. The summed E-state index contributed by atoms with van der Waals surface area (Å²) in [7, 11) is 1.50. The number of carbonyl (C=O) groups excluding carboxylic acids is 1. The van der Waals surface area contributed by atoms with Crippen molar-refractivity contribution in [1.29, 1.82) is 0 Å². The first-order valence-corrected chi connectivity index (χ1v) is 10.5. The molecule has 33 heavy (non-hydrogen) atoms. The van der Waals surface area contributed by atoms with E-state index in [0.717, 1.165) is 17.3 Å². The molecule has 2 aromatic carbocycles. The second-order valence-electron chi connectivity index (χ2n) is 6.93. The number of carbonyl (C=O) groups is 2. The van der Waals surface area contributed by atoms with E-state index >= 15 is 0 Å². The average molecular weight is 472 g/mol. The Hall–Kier alpha value is -3.93. The first-order chi connectivity index (χ1) is 15.8. The number of hydrogen-bond donors (Lipinski definition) is 2. The molecule has 0 aliphatic carbocycles. The van der Waals surface area contributed by atoms with Gasteiger partial charge in [-0.05, 0) is 42.3 Å². The number of methoxy groups -OCH3 is 1. The van der Waals surface area contributed by atoms with E-state index in [-0.39, 0.29) is 29.6 Å². The number of thioether (sulfide) groups is 1. The normalized spacial score (nSPS) is 16.7. The molecule has 0 bridgehead atoms. The lowest BCUT2D eigenvalue weighted by molar-refractivity contribution is -0.386. The number of nitro benzene ring substituents is 1. The van der Waals surface area contributed by atoms with Crippen molar-refractivity contribution in [2.75, 3.05) is 7.11 Å². The molecule has 1 aliphatic rings. The van der Waals surface area contributed by atoms with Gasteiger partial charge in [0.05, 0.1) is 24.7 Å². The highest BCUT2D eigenvalue weighted by Crippen LogP contribution is 2.30. The Labute approximate surface area is 192 Å². The maximum Gasteiger partial charge on any atom is 0.311 e. The molecule has 3 rings (SSSR count). The predicted octanol–water partition coefficient (Wildman–Crippen LogP) is 2.89. The van der Waals surface area contributed by atoms with Gasteiger partial charge < -0.3 is 19.9 Å². The SMILES string of the molecule is COc1ccc(C=NN=C2NC(=O)C(CC(=O)O)S2)cc1COc1ccc(C)cc1[N+](=O)[O-]. The van der Waals surface area contributed by atoms with Crippen molar-refractivity contribution < 1.29 is 29.1 Å². The van der Waals surface area contributed by atoms with Gasteiger partial charge in [0.15, 0.2) is 10.9 Å². The number of aryl methyl sites for hydroxylation is 1. The van der Waals surface area contributed by atoms with Crippen LogP contribution in [0.15, 0.2) is 46.6 Å². The van der Waals surface area contributed by atoms with Gasteiger partial charge in [0, 0.05) is 11.6 Å². The van der Waals surface area contributed by atoms with Gasteiger partial charge in [0.25, 0.3) is 0 Å². The summed E-state index contributed by atoms with van der Waals surface area (Å²) < 4.78 is 11.0. The van der Waals surface area contributed by atoms with Gasteiger partial charge in [-0.2, -0.15) is 5.10 Å². The Kier molecular flexibility index (Phi) is 7.61. The first kappa shape index (κ1) is 23.7. The van der Waals surface area contributed by atoms with Gasteiger partial charge in [-0.3, -0.25) is 19.7 Å². The van der Waals surface area contributed by atoms with Crippen LogP contribution in [0.2, 0.25) is 0 Å². The van der Waals surface area contributed by atoms with Gasteiger partial charge >= 0.3 is 11.7 Å². The van der Waals surface area contributed by atoms with Gasteiger partial charge in [0.2, 0.25) is 5.91 Å². The number of rotatable bonds is 9. The number of benzene rings is 2. The van der Waals surface area contributed by atoms with Crippen LogP contribution >= 0.6 is 11.8 Å². The number of nitrogens with zero attached hydrogens (tertiary/aromatic N) is 3. The maximum absolute atomic E-state index is 11.7. The van der Waals surface area contributed by atoms with E-state index in [0.29, 0.717) is 16.9 Å². The Morgan fingerprint density at radius 2 is 2.06 bits per heavy atom. The Morgan fingerprint density at radius 1 is 1.30 bits per heavy atom. The third-order valence-electron chi connectivity index (χ3n) is 4.49. The maximum atomic E-state index is 11.7. The minimum absolute atomic E-state index is 0.0199. The van der Waals surface area contributed by atoms with Crippen molar-refractivity contribution >= 4 is 40.7 Å². The number of nitrogens with one attached hydrogen (secondary N) is 1. The lowest BCUT2D eigenvalue weighted by Gasteiger charge is -2.11. The molecule has 1 saturated heterocycles. The van der Waals surface area contributed by atoms with E-state index in [1.165, 1.54) is 19.4 Å². The summed E-state index contributed by atoms with van der Waals surface area (Å²) in [5, 5.41) is 29.9. The van der Waals surface area contributed by atoms with Crippen LogP contribution in [0.1, 0.15) is 23.1 Å². The molecule has 0 spiro atoms. The van der Waals surface area contributed by atoms with Crippen LogP contribution in [-0.2, 0) is 16.2 Å². The smallest absolute Gasteiger partial charge is 0.311 e. The number of amides is 1. The molecular formula is C21H20N4O7S. The molecule has 0 radical (unpaired) electrons. The highest BCUT2D eigenvalue weighted by atomic mass is 32.2. The fraction of sp³-hybridized carbons (Fsp3) is 0.238. The van der Waals surface area contributed by atoms with E-state index in [4.69, 9.17) is 14.6 Å². The molecule has 1 heterocycles. The summed E-state index contributed by atoms with van der Waals surface area (Å²) in [6.45, 7) is 1.78. The molecule has 1 unspecified atom stereocenters. The van der Waals surface area contributed by atoms with E-state index in [1.54, 1.807) is 37.3 Å². The highest BCUT2D eigenvalue weighted by Gasteiger charge is 2.32. The van der Waals surface area contributed by atoms with Crippen LogP contribution < -0.4 is 14.8 Å². The van der Waals surface area contributed by atoms with E-state index in [1.807, 2.05) is 0 Å². The molecule has 1 fully saturated rings. The summed E-state index contributed by atoms with van der Waals surface area (Å²) in [6, 6.07) is 9.88. The van der Waals surface area contributed by atoms with Crippen LogP contribution in [0.3, 0.4) is 0 Å². The molecule has 172 valence electrons. The van der Waals surface area contributed by atoms with Crippen molar-refractivity contribution in [3.63, 3.8) is 0 Å². The van der Waals surface area contributed by atoms with Gasteiger partial charge in [-0.15, -0.1) is 5.10 Å². The summed E-state index contributed by atoms with van der Waals surface area (Å²) >= 11 is 1.00. The topological polar surface area (TPSA) is 153 Å². The quantitative estimate of drug-likeness (QED) is 0.321. The Morgan fingerprint density at radius 3 is 2.76 bits per heavy atom. The first-order valence-electron chi connectivity index (χ1n) is 9.62. The van der Waals surface area contributed by atoms with Crippen molar-refractivity contribution in [1.82, 2.24) is 5.32 Å². The fourth-order valence-electron chi connectivity index (χ4n) is 2.93. The third-order valence-corrected chi connectivity index (χ3v) is 5.56. The summed E-state index contributed by atoms with van der Waals surface area (Å²) in [4.78, 5) is 33.3. The number of nitro groups is 1. The highest BCUT2D eigenvalue weighted by molar-refractivity contribution is 8.15. The predicted molar refractivity (Wildman–Crippen MR) is 122 cm³/mol. The van der Waals surface area contributed by atoms with Crippen LogP contribution in [0.5, 0.6) is 11.5 Å². The molecule has 11 nitrogen and oxygen atoms in total. The molecular weight excluding hydrogens is 452 g/mol. The Bertz CT molecular complexity index is 1150. The van der Waals surface area contributed by atoms with Crippen molar-refractivity contribution in [2.24, 2.45) is 10.2 Å². The largest absolute Gasteiger partial charge is 0.496 e.